The summed E-state index contributed by atoms with van der Waals surface area (Å²) >= 11 is 0. The molecule has 0 radical (unpaired) electrons. The quantitative estimate of drug-likeness (QED) is 0.797. The van der Waals surface area contributed by atoms with Gasteiger partial charge in [0.05, 0.1) is 11.3 Å². The molecule has 3 heterocycles. The normalized spacial score (nSPS) is 21.7. The van der Waals surface area contributed by atoms with Crippen LogP contribution >= 0.6 is 0 Å². The van der Waals surface area contributed by atoms with Crippen molar-refractivity contribution in [2.45, 2.75) is 50.8 Å². The van der Waals surface area contributed by atoms with Crippen LogP contribution in [0.15, 0.2) is 36.4 Å². The average Bonchev–Trinajstić information content (AvgIpc) is 3.07. The number of aromatic nitrogens is 2. The summed E-state index contributed by atoms with van der Waals surface area (Å²) in [5.41, 5.74) is 2.81. The van der Waals surface area contributed by atoms with Gasteiger partial charge in [-0.25, -0.2) is 0 Å². The summed E-state index contributed by atoms with van der Waals surface area (Å²) in [6.07, 6.45) is 3.93. The predicted molar refractivity (Wildman–Crippen MR) is 113 cm³/mol. The number of hydrogen-bond acceptors (Lipinski definition) is 4. The molecule has 6 nitrogen and oxygen atoms in total. The van der Waals surface area contributed by atoms with Crippen molar-refractivity contribution in [3.8, 4) is 0 Å². The van der Waals surface area contributed by atoms with E-state index in [9.17, 15) is 4.79 Å². The number of rotatable bonds is 4. The van der Waals surface area contributed by atoms with Crippen molar-refractivity contribution in [1.29, 1.82) is 0 Å². The molecule has 6 heteroatoms. The van der Waals surface area contributed by atoms with Crippen LogP contribution in [0.3, 0.4) is 0 Å². The highest BCUT2D eigenvalue weighted by molar-refractivity contribution is 5.92. The topological polar surface area (TPSA) is 50.6 Å². The number of amides is 1. The summed E-state index contributed by atoms with van der Waals surface area (Å²) in [5, 5.41) is 4.31. The van der Waals surface area contributed by atoms with E-state index in [0.29, 0.717) is 11.7 Å². The molecule has 2 aromatic rings. The number of piperidine rings is 1. The van der Waals surface area contributed by atoms with E-state index in [-0.39, 0.29) is 11.5 Å². The Bertz CT molecular complexity index is 840. The van der Waals surface area contributed by atoms with E-state index in [0.717, 1.165) is 57.6 Å². The molecule has 1 aromatic carbocycles. The van der Waals surface area contributed by atoms with Gasteiger partial charge in [0.25, 0.3) is 5.91 Å². The standard InChI is InChI=1S/C23H32N4O2/c1-18-15-21(26(3)24-18)22(28)27-12-10-23(11-13-27)16-20(9-14-29-23)25(2)17-19-7-5-4-6-8-19/h4-8,15,20H,9-14,16-17H2,1-3H3. The van der Waals surface area contributed by atoms with Crippen LogP contribution in [0.2, 0.25) is 0 Å². The van der Waals surface area contributed by atoms with Crippen LogP contribution in [0.5, 0.6) is 0 Å². The average molecular weight is 397 g/mol. The molecule has 0 N–H and O–H groups in total. The first-order valence-corrected chi connectivity index (χ1v) is 10.6. The Balaban J connectivity index is 1.36. The Morgan fingerprint density at radius 2 is 2.00 bits per heavy atom. The van der Waals surface area contributed by atoms with E-state index in [1.807, 2.05) is 24.9 Å². The molecule has 0 aliphatic carbocycles. The molecule has 0 saturated carbocycles. The highest BCUT2D eigenvalue weighted by Gasteiger charge is 2.42. The van der Waals surface area contributed by atoms with Crippen molar-refractivity contribution < 1.29 is 9.53 Å². The SMILES string of the molecule is Cc1cc(C(=O)N2CCC3(CC2)CC(N(C)Cc2ccccc2)CCO3)n(C)n1. The lowest BCUT2D eigenvalue weighted by Crippen LogP contribution is -2.54. The fraction of sp³-hybridized carbons (Fsp3) is 0.565. The Hall–Kier alpha value is -2.18. The molecule has 29 heavy (non-hydrogen) atoms. The molecule has 2 fully saturated rings. The van der Waals surface area contributed by atoms with Crippen LogP contribution in [0.4, 0.5) is 0 Å². The molecule has 156 valence electrons. The summed E-state index contributed by atoms with van der Waals surface area (Å²) < 4.78 is 8.00. The molecule has 1 unspecified atom stereocenters. The van der Waals surface area contributed by atoms with Crippen molar-refractivity contribution in [2.75, 3.05) is 26.7 Å². The van der Waals surface area contributed by atoms with Crippen molar-refractivity contribution in [2.24, 2.45) is 7.05 Å². The maximum absolute atomic E-state index is 12.9. The molecular weight excluding hydrogens is 364 g/mol. The number of carbonyl (C=O) groups excluding carboxylic acids is 1. The first-order valence-electron chi connectivity index (χ1n) is 10.6. The summed E-state index contributed by atoms with van der Waals surface area (Å²) in [6, 6.07) is 13.0. The lowest BCUT2D eigenvalue weighted by atomic mass is 9.81. The van der Waals surface area contributed by atoms with Gasteiger partial charge in [-0.2, -0.15) is 5.10 Å². The van der Waals surface area contributed by atoms with Gasteiger partial charge < -0.3 is 9.64 Å². The van der Waals surface area contributed by atoms with Gasteiger partial charge in [-0.15, -0.1) is 0 Å². The van der Waals surface area contributed by atoms with E-state index in [2.05, 4.69) is 47.4 Å². The first-order chi connectivity index (χ1) is 14.0. The third-order valence-corrected chi connectivity index (χ3v) is 6.55. The van der Waals surface area contributed by atoms with Crippen LogP contribution in [-0.4, -0.2) is 63.9 Å². The molecular formula is C23H32N4O2. The molecule has 2 aliphatic heterocycles. The van der Waals surface area contributed by atoms with Crippen LogP contribution in [0.25, 0.3) is 0 Å². The zero-order valence-electron chi connectivity index (χ0n) is 17.8. The van der Waals surface area contributed by atoms with Gasteiger partial charge in [0.1, 0.15) is 5.69 Å². The van der Waals surface area contributed by atoms with E-state index in [4.69, 9.17) is 4.74 Å². The third kappa shape index (κ3) is 4.38. The van der Waals surface area contributed by atoms with E-state index in [1.54, 1.807) is 4.68 Å². The lowest BCUT2D eigenvalue weighted by Gasteiger charge is -2.48. The second kappa shape index (κ2) is 8.28. The Morgan fingerprint density at radius 1 is 1.28 bits per heavy atom. The van der Waals surface area contributed by atoms with E-state index >= 15 is 0 Å². The number of ether oxygens (including phenoxy) is 1. The van der Waals surface area contributed by atoms with E-state index < -0.39 is 0 Å². The molecule has 0 bridgehead atoms. The zero-order valence-corrected chi connectivity index (χ0v) is 17.8. The fourth-order valence-corrected chi connectivity index (χ4v) is 4.82. The third-order valence-electron chi connectivity index (χ3n) is 6.55. The molecule has 4 rings (SSSR count). The molecule has 1 atom stereocenters. The maximum atomic E-state index is 12.9. The molecule has 1 aromatic heterocycles. The number of hydrogen-bond donors (Lipinski definition) is 0. The van der Waals surface area contributed by atoms with Crippen LogP contribution in [0, 0.1) is 6.92 Å². The van der Waals surface area contributed by atoms with Crippen LogP contribution in [0.1, 0.15) is 47.4 Å². The summed E-state index contributed by atoms with van der Waals surface area (Å²) in [7, 11) is 4.06. The summed E-state index contributed by atoms with van der Waals surface area (Å²) in [5.74, 6) is 0.0801. The zero-order chi connectivity index (χ0) is 20.4. The van der Waals surface area contributed by atoms with Crippen molar-refractivity contribution in [3.63, 3.8) is 0 Å². The Labute approximate surface area is 173 Å². The Morgan fingerprint density at radius 3 is 2.66 bits per heavy atom. The second-order valence-corrected chi connectivity index (χ2v) is 8.67. The van der Waals surface area contributed by atoms with Gasteiger partial charge in [-0.05, 0) is 51.3 Å². The highest BCUT2D eigenvalue weighted by atomic mass is 16.5. The minimum absolute atomic E-state index is 0.0801. The number of likely N-dealkylation sites (tertiary alicyclic amines) is 1. The van der Waals surface area contributed by atoms with Gasteiger partial charge >= 0.3 is 0 Å². The predicted octanol–water partition coefficient (Wildman–Crippen LogP) is 3.01. The monoisotopic (exact) mass is 396 g/mol. The van der Waals surface area contributed by atoms with Crippen molar-refractivity contribution >= 4 is 5.91 Å². The number of nitrogens with zero attached hydrogens (tertiary/aromatic N) is 4. The van der Waals surface area contributed by atoms with Crippen LogP contribution in [-0.2, 0) is 18.3 Å². The molecule has 1 amide bonds. The lowest BCUT2D eigenvalue weighted by molar-refractivity contribution is -0.128. The van der Waals surface area contributed by atoms with Crippen LogP contribution < -0.4 is 0 Å². The second-order valence-electron chi connectivity index (χ2n) is 8.67. The first kappa shape index (κ1) is 20.1. The van der Waals surface area contributed by atoms with Gasteiger partial charge in [0.15, 0.2) is 0 Å². The molecule has 1 spiro atoms. The minimum atomic E-state index is -0.0903. The van der Waals surface area contributed by atoms with E-state index in [1.165, 1.54) is 5.56 Å². The summed E-state index contributed by atoms with van der Waals surface area (Å²) in [6.45, 7) is 5.19. The smallest absolute Gasteiger partial charge is 0.272 e. The largest absolute Gasteiger partial charge is 0.375 e. The van der Waals surface area contributed by atoms with Gasteiger partial charge in [-0.3, -0.25) is 14.4 Å². The number of benzene rings is 1. The number of aryl methyl sites for hydroxylation is 2. The molecule has 2 aliphatic rings. The van der Waals surface area contributed by atoms with Crippen molar-refractivity contribution in [1.82, 2.24) is 19.6 Å². The molecule has 2 saturated heterocycles. The summed E-state index contributed by atoms with van der Waals surface area (Å²) in [4.78, 5) is 17.3. The minimum Gasteiger partial charge on any atom is -0.375 e. The van der Waals surface area contributed by atoms with Gasteiger partial charge in [0, 0.05) is 39.3 Å². The van der Waals surface area contributed by atoms with Gasteiger partial charge in [0.2, 0.25) is 0 Å². The number of carbonyl (C=O) groups is 1. The Kier molecular flexibility index (Phi) is 5.74. The fourth-order valence-electron chi connectivity index (χ4n) is 4.82. The van der Waals surface area contributed by atoms with Crippen molar-refractivity contribution in [3.05, 3.63) is 53.3 Å². The highest BCUT2D eigenvalue weighted by Crippen LogP contribution is 2.37. The maximum Gasteiger partial charge on any atom is 0.272 e. The van der Waals surface area contributed by atoms with Gasteiger partial charge in [-0.1, -0.05) is 30.3 Å².